The van der Waals surface area contributed by atoms with Gasteiger partial charge in [-0.05, 0) is 53.0 Å². The van der Waals surface area contributed by atoms with Gasteiger partial charge in [-0.25, -0.2) is 0 Å². The zero-order valence-corrected chi connectivity index (χ0v) is 24.5. The molecule has 10 nitrogen and oxygen atoms in total. The van der Waals surface area contributed by atoms with Gasteiger partial charge in [0.05, 0.1) is 48.1 Å². The Morgan fingerprint density at radius 3 is 2.21 bits per heavy atom. The fourth-order valence-electron chi connectivity index (χ4n) is 7.67. The topological polar surface area (TPSA) is 139 Å². The van der Waals surface area contributed by atoms with Crippen molar-refractivity contribution in [3.05, 3.63) is 0 Å². The highest BCUT2D eigenvalue weighted by molar-refractivity contribution is 5.07. The predicted octanol–water partition coefficient (Wildman–Crippen LogP) is 1.51. The van der Waals surface area contributed by atoms with E-state index in [1.807, 2.05) is 34.6 Å². The number of nitrogens with one attached hydrogen (secondary N) is 1. The first-order valence-corrected chi connectivity index (χ1v) is 14.4. The third-order valence-corrected chi connectivity index (χ3v) is 9.90. The standard InChI is InChI=1S/C28H51NO9/c1-10-19-27(8,32)24-16(5)22-13(2)12-26(7,37-22)23(15(4)20(30)17(6)28(33,36-19)38-24)35-25-21(31)18(29-9)11-14(3)34-25/h13-25,29-33H,10-12H2,1-9H3/t13-,14?,15-,16-,17+,18?,19+,20-,21?,22?,23+,24+,25-,26?,27+,28-/m0/s1. The molecule has 4 bridgehead atoms. The monoisotopic (exact) mass is 545 g/mol. The Hall–Kier alpha value is -0.400. The van der Waals surface area contributed by atoms with Gasteiger partial charge in [-0.3, -0.25) is 0 Å². The lowest BCUT2D eigenvalue weighted by Gasteiger charge is -2.54. The molecule has 0 aromatic heterocycles. The van der Waals surface area contributed by atoms with E-state index < -0.39 is 65.8 Å². The van der Waals surface area contributed by atoms with E-state index in [9.17, 15) is 20.4 Å². The molecule has 4 aliphatic rings. The minimum absolute atomic E-state index is 0.0684. The summed E-state index contributed by atoms with van der Waals surface area (Å²) in [7, 11) is 1.80. The van der Waals surface area contributed by atoms with Gasteiger partial charge >= 0.3 is 0 Å². The van der Waals surface area contributed by atoms with E-state index in [0.29, 0.717) is 19.3 Å². The van der Waals surface area contributed by atoms with E-state index in [1.165, 1.54) is 0 Å². The molecule has 4 fully saturated rings. The molecule has 222 valence electrons. The number of aliphatic hydroxyl groups excluding tert-OH is 2. The van der Waals surface area contributed by atoms with Gasteiger partial charge in [-0.1, -0.05) is 34.6 Å². The fraction of sp³-hybridized carbons (Fsp3) is 1.00. The SMILES string of the molecule is CC[C@H]1O[C@]2(O)O[C@H]([C@@H](C)C3OC(C)(C[C@@H]3C)[C@H](O[C@@H]3OC(C)CC(NC)C3O)[C@@H](C)[C@H](O)[C@H]2C)[C@]1(C)O. The van der Waals surface area contributed by atoms with Gasteiger partial charge in [0.15, 0.2) is 6.29 Å². The second-order valence-electron chi connectivity index (χ2n) is 13.0. The van der Waals surface area contributed by atoms with Crippen LogP contribution in [0.15, 0.2) is 0 Å². The molecule has 0 aromatic carbocycles. The number of hydrogen-bond acceptors (Lipinski definition) is 10. The molecule has 4 rings (SSSR count). The lowest BCUT2D eigenvalue weighted by Crippen LogP contribution is -2.68. The van der Waals surface area contributed by atoms with Gasteiger partial charge < -0.3 is 49.4 Å². The van der Waals surface area contributed by atoms with Gasteiger partial charge in [-0.15, -0.1) is 0 Å². The fourth-order valence-corrected chi connectivity index (χ4v) is 7.67. The highest BCUT2D eigenvalue weighted by Gasteiger charge is 2.63. The predicted molar refractivity (Wildman–Crippen MR) is 139 cm³/mol. The van der Waals surface area contributed by atoms with Crippen molar-refractivity contribution >= 4 is 0 Å². The number of likely N-dealkylation sites (N-methyl/N-ethyl adjacent to an activating group) is 1. The number of rotatable bonds is 4. The van der Waals surface area contributed by atoms with Crippen molar-refractivity contribution in [1.82, 2.24) is 5.32 Å². The van der Waals surface area contributed by atoms with E-state index in [2.05, 4.69) is 12.2 Å². The Kier molecular flexibility index (Phi) is 8.67. The summed E-state index contributed by atoms with van der Waals surface area (Å²) in [5.41, 5.74) is -2.23. The summed E-state index contributed by atoms with van der Waals surface area (Å²) in [6, 6.07) is -0.204. The third kappa shape index (κ3) is 5.08. The first-order chi connectivity index (χ1) is 17.6. The summed E-state index contributed by atoms with van der Waals surface area (Å²) in [6.07, 6.45) is -3.90. The van der Waals surface area contributed by atoms with Crippen molar-refractivity contribution in [2.45, 2.75) is 147 Å². The maximum atomic E-state index is 11.7. The van der Waals surface area contributed by atoms with Crippen molar-refractivity contribution in [3.63, 3.8) is 0 Å². The van der Waals surface area contributed by atoms with Crippen LogP contribution >= 0.6 is 0 Å². The van der Waals surface area contributed by atoms with Crippen LogP contribution in [-0.4, -0.2) is 99.7 Å². The van der Waals surface area contributed by atoms with E-state index in [4.69, 9.17) is 23.7 Å². The summed E-state index contributed by atoms with van der Waals surface area (Å²) in [6.45, 7) is 15.1. The summed E-state index contributed by atoms with van der Waals surface area (Å²) >= 11 is 0. The van der Waals surface area contributed by atoms with E-state index in [0.717, 1.165) is 0 Å². The zero-order valence-electron chi connectivity index (χ0n) is 24.5. The van der Waals surface area contributed by atoms with Crippen LogP contribution in [0.5, 0.6) is 0 Å². The molecule has 5 N–H and O–H groups in total. The van der Waals surface area contributed by atoms with Crippen LogP contribution in [0.1, 0.15) is 74.7 Å². The molecule has 16 atom stereocenters. The maximum absolute atomic E-state index is 11.7. The number of hydrogen-bond donors (Lipinski definition) is 5. The number of ether oxygens (including phenoxy) is 5. The van der Waals surface area contributed by atoms with Gasteiger partial charge in [0, 0.05) is 17.9 Å². The highest BCUT2D eigenvalue weighted by atomic mass is 16.8. The Bertz CT molecular complexity index is 830. The van der Waals surface area contributed by atoms with E-state index in [-0.39, 0.29) is 30.1 Å². The lowest BCUT2D eigenvalue weighted by atomic mass is 9.74. The van der Waals surface area contributed by atoms with Crippen LogP contribution in [0.25, 0.3) is 0 Å². The molecule has 4 heterocycles. The Morgan fingerprint density at radius 1 is 0.947 bits per heavy atom. The molecule has 0 aromatic rings. The molecule has 4 saturated heterocycles. The van der Waals surface area contributed by atoms with Gasteiger partial charge in [0.1, 0.15) is 11.7 Å². The van der Waals surface area contributed by atoms with Crippen LogP contribution in [0.4, 0.5) is 0 Å². The molecule has 0 spiro atoms. The molecule has 0 aliphatic carbocycles. The normalized spacial score (nSPS) is 57.9. The van der Waals surface area contributed by atoms with Crippen molar-refractivity contribution in [2.75, 3.05) is 7.05 Å². The molecular formula is C28H51NO9. The highest BCUT2D eigenvalue weighted by Crippen LogP contribution is 2.51. The average Bonchev–Trinajstić information content (AvgIpc) is 3.17. The molecule has 10 heteroatoms. The maximum Gasteiger partial charge on any atom is 0.286 e. The van der Waals surface area contributed by atoms with E-state index in [1.54, 1.807) is 20.9 Å². The van der Waals surface area contributed by atoms with Crippen LogP contribution in [0.3, 0.4) is 0 Å². The van der Waals surface area contributed by atoms with Gasteiger partial charge in [0.2, 0.25) is 0 Å². The van der Waals surface area contributed by atoms with Crippen LogP contribution in [-0.2, 0) is 23.7 Å². The molecule has 4 aliphatic heterocycles. The Morgan fingerprint density at radius 2 is 1.61 bits per heavy atom. The first-order valence-electron chi connectivity index (χ1n) is 14.4. The lowest BCUT2D eigenvalue weighted by molar-refractivity contribution is -0.478. The second kappa shape index (κ2) is 10.8. The van der Waals surface area contributed by atoms with Crippen molar-refractivity contribution in [2.24, 2.45) is 23.7 Å². The van der Waals surface area contributed by atoms with Crippen molar-refractivity contribution < 1.29 is 44.1 Å². The molecule has 0 radical (unpaired) electrons. The molecular weight excluding hydrogens is 494 g/mol. The summed E-state index contributed by atoms with van der Waals surface area (Å²) in [5, 5.41) is 49.2. The van der Waals surface area contributed by atoms with Crippen molar-refractivity contribution in [3.8, 4) is 0 Å². The van der Waals surface area contributed by atoms with E-state index >= 15 is 0 Å². The van der Waals surface area contributed by atoms with Crippen molar-refractivity contribution in [1.29, 1.82) is 0 Å². The quantitative estimate of drug-likeness (QED) is 0.353. The molecule has 5 unspecified atom stereocenters. The van der Waals surface area contributed by atoms with Gasteiger partial charge in [-0.2, -0.15) is 0 Å². The van der Waals surface area contributed by atoms with Crippen LogP contribution < -0.4 is 5.32 Å². The Labute approximate surface area is 227 Å². The number of fused-ring (bicyclic) bond motifs is 4. The molecule has 38 heavy (non-hydrogen) atoms. The molecule has 0 saturated carbocycles. The first kappa shape index (κ1) is 30.6. The second-order valence-corrected chi connectivity index (χ2v) is 13.0. The summed E-state index contributed by atoms with van der Waals surface area (Å²) in [4.78, 5) is 0. The third-order valence-electron chi connectivity index (χ3n) is 9.90. The van der Waals surface area contributed by atoms with Crippen LogP contribution in [0, 0.1) is 23.7 Å². The smallest absolute Gasteiger partial charge is 0.286 e. The summed E-state index contributed by atoms with van der Waals surface area (Å²) < 4.78 is 31.7. The largest absolute Gasteiger partial charge is 0.392 e. The number of aliphatic hydroxyl groups is 4. The Balaban J connectivity index is 1.76. The minimum atomic E-state index is -2.12. The minimum Gasteiger partial charge on any atom is -0.392 e. The van der Waals surface area contributed by atoms with Gasteiger partial charge in [0.25, 0.3) is 5.97 Å². The molecule has 0 amide bonds. The summed E-state index contributed by atoms with van der Waals surface area (Å²) in [5.74, 6) is -3.82. The van der Waals surface area contributed by atoms with Crippen LogP contribution in [0.2, 0.25) is 0 Å². The average molecular weight is 546 g/mol. The zero-order chi connectivity index (χ0) is 28.4.